The van der Waals surface area contributed by atoms with Gasteiger partial charge in [-0.2, -0.15) is 0 Å². The summed E-state index contributed by atoms with van der Waals surface area (Å²) < 4.78 is 34.6. The molecule has 0 saturated heterocycles. The van der Waals surface area contributed by atoms with E-state index < -0.39 is 12.4 Å². The number of rotatable bonds is 3. The van der Waals surface area contributed by atoms with Crippen molar-refractivity contribution in [1.82, 2.24) is 4.98 Å². The maximum atomic E-state index is 12.7. The Labute approximate surface area is 104 Å². The Morgan fingerprint density at radius 2 is 2.12 bits per heavy atom. The van der Waals surface area contributed by atoms with Crippen molar-refractivity contribution in [3.8, 4) is 5.88 Å². The van der Waals surface area contributed by atoms with Gasteiger partial charge in [0.25, 0.3) is 6.43 Å². The number of halogens is 3. The molecule has 1 aromatic heterocycles. The van der Waals surface area contributed by atoms with Crippen LogP contribution in [0, 0.1) is 3.57 Å². The molecular weight excluding hydrogens is 335 g/mol. The van der Waals surface area contributed by atoms with Gasteiger partial charge in [-0.25, -0.2) is 18.6 Å². The maximum absolute atomic E-state index is 12.7. The summed E-state index contributed by atoms with van der Waals surface area (Å²) in [6, 6.07) is 1.10. The second kappa shape index (κ2) is 5.37. The van der Waals surface area contributed by atoms with Crippen LogP contribution in [-0.4, -0.2) is 25.2 Å². The molecule has 0 radical (unpaired) electrons. The number of hydrogen-bond donors (Lipinski definition) is 0. The number of carbonyl (C=O) groups is 1. The van der Waals surface area contributed by atoms with Gasteiger partial charge in [0, 0.05) is 11.6 Å². The van der Waals surface area contributed by atoms with Gasteiger partial charge in [0.2, 0.25) is 5.88 Å². The first kappa shape index (κ1) is 13.1. The monoisotopic (exact) mass is 343 g/mol. The number of nitrogens with zero attached hydrogens (tertiary/aromatic N) is 1. The summed E-state index contributed by atoms with van der Waals surface area (Å²) in [5, 5.41) is 0. The van der Waals surface area contributed by atoms with E-state index in [-0.39, 0.29) is 20.7 Å². The van der Waals surface area contributed by atoms with Crippen LogP contribution in [0.3, 0.4) is 0 Å². The Bertz CT molecular complexity index is 412. The Hall–Kier alpha value is -0.990. The van der Waals surface area contributed by atoms with Crippen LogP contribution < -0.4 is 4.74 Å². The lowest BCUT2D eigenvalue weighted by atomic mass is 10.2. The molecule has 0 amide bonds. The lowest BCUT2D eigenvalue weighted by Crippen LogP contribution is -2.10. The van der Waals surface area contributed by atoms with Gasteiger partial charge < -0.3 is 9.47 Å². The predicted molar refractivity (Wildman–Crippen MR) is 59.8 cm³/mol. The van der Waals surface area contributed by atoms with Gasteiger partial charge >= 0.3 is 5.97 Å². The van der Waals surface area contributed by atoms with E-state index in [0.717, 1.165) is 13.2 Å². The average molecular weight is 343 g/mol. The minimum Gasteiger partial charge on any atom is -0.481 e. The highest BCUT2D eigenvalue weighted by atomic mass is 127. The lowest BCUT2D eigenvalue weighted by Gasteiger charge is -2.09. The highest BCUT2D eigenvalue weighted by Crippen LogP contribution is 2.29. The van der Waals surface area contributed by atoms with Crippen molar-refractivity contribution < 1.29 is 23.0 Å². The summed E-state index contributed by atoms with van der Waals surface area (Å²) >= 11 is 1.63. The summed E-state index contributed by atoms with van der Waals surface area (Å²) in [6.45, 7) is 0. The van der Waals surface area contributed by atoms with E-state index >= 15 is 0 Å². The topological polar surface area (TPSA) is 48.4 Å². The molecule has 0 saturated carbocycles. The fraction of sp³-hybridized carbons (Fsp3) is 0.333. The van der Waals surface area contributed by atoms with E-state index in [0.29, 0.717) is 0 Å². The molecule has 1 heterocycles. The van der Waals surface area contributed by atoms with Crippen LogP contribution in [0.1, 0.15) is 22.5 Å². The van der Waals surface area contributed by atoms with Gasteiger partial charge in [-0.05, 0) is 22.6 Å². The van der Waals surface area contributed by atoms with Gasteiger partial charge in [-0.1, -0.05) is 0 Å². The minimum absolute atomic E-state index is 0.0453. The molecule has 1 aromatic rings. The number of ether oxygens (including phenoxy) is 2. The van der Waals surface area contributed by atoms with E-state index in [9.17, 15) is 13.6 Å². The second-order valence-corrected chi connectivity index (χ2v) is 3.79. The fourth-order valence-electron chi connectivity index (χ4n) is 1.02. The third-order valence-corrected chi connectivity index (χ3v) is 2.92. The number of hydrogen-bond acceptors (Lipinski definition) is 4. The summed E-state index contributed by atoms with van der Waals surface area (Å²) in [7, 11) is 2.44. The summed E-state index contributed by atoms with van der Waals surface area (Å²) in [5.74, 6) is -0.818. The molecule has 0 bridgehead atoms. The van der Waals surface area contributed by atoms with Crippen molar-refractivity contribution in [2.75, 3.05) is 14.2 Å². The first-order valence-corrected chi connectivity index (χ1v) is 5.20. The summed E-state index contributed by atoms with van der Waals surface area (Å²) in [5.41, 5.74) is -0.467. The van der Waals surface area contributed by atoms with E-state index in [4.69, 9.17) is 4.74 Å². The smallest absolute Gasteiger partial charge is 0.357 e. The molecule has 4 nitrogen and oxygen atoms in total. The molecule has 88 valence electrons. The highest BCUT2D eigenvalue weighted by molar-refractivity contribution is 14.1. The predicted octanol–water partition coefficient (Wildman–Crippen LogP) is 2.42. The number of alkyl halides is 2. The Balaban J connectivity index is 3.37. The minimum atomic E-state index is -2.70. The van der Waals surface area contributed by atoms with E-state index in [1.807, 2.05) is 0 Å². The molecule has 1 rings (SSSR count). The highest BCUT2D eigenvalue weighted by Gasteiger charge is 2.22. The molecule has 0 spiro atoms. The van der Waals surface area contributed by atoms with Crippen LogP contribution in [0.15, 0.2) is 6.07 Å². The quantitative estimate of drug-likeness (QED) is 0.625. The number of methoxy groups -OCH3 is 2. The molecule has 7 heteroatoms. The second-order valence-electron chi connectivity index (χ2n) is 2.71. The fourth-order valence-corrected chi connectivity index (χ4v) is 1.75. The molecule has 0 fully saturated rings. The number of carbonyl (C=O) groups excluding carboxylic acids is 1. The van der Waals surface area contributed by atoms with Crippen LogP contribution in [0.2, 0.25) is 0 Å². The molecule has 16 heavy (non-hydrogen) atoms. The van der Waals surface area contributed by atoms with Gasteiger partial charge in [0.1, 0.15) is 0 Å². The van der Waals surface area contributed by atoms with Crippen LogP contribution >= 0.6 is 22.6 Å². The molecule has 0 atom stereocenters. The lowest BCUT2D eigenvalue weighted by molar-refractivity contribution is 0.0590. The molecule has 0 aliphatic rings. The van der Waals surface area contributed by atoms with Crippen LogP contribution in [0.4, 0.5) is 8.78 Å². The SMILES string of the molecule is COC(=O)c1nc(OC)cc(C(F)F)c1I. The van der Waals surface area contributed by atoms with Gasteiger partial charge in [0.05, 0.1) is 17.8 Å². The molecule has 0 aliphatic heterocycles. The summed E-state index contributed by atoms with van der Waals surface area (Å²) in [6.07, 6.45) is -2.70. The Kier molecular flexibility index (Phi) is 4.39. The zero-order chi connectivity index (χ0) is 12.3. The summed E-state index contributed by atoms with van der Waals surface area (Å²) in [4.78, 5) is 15.1. The zero-order valence-electron chi connectivity index (χ0n) is 8.46. The van der Waals surface area contributed by atoms with E-state index in [1.165, 1.54) is 7.11 Å². The van der Waals surface area contributed by atoms with Gasteiger partial charge in [-0.15, -0.1) is 0 Å². The third-order valence-electron chi connectivity index (χ3n) is 1.79. The van der Waals surface area contributed by atoms with E-state index in [1.54, 1.807) is 22.6 Å². The third kappa shape index (κ3) is 2.57. The van der Waals surface area contributed by atoms with Crippen molar-refractivity contribution in [1.29, 1.82) is 0 Å². The molecule has 0 aliphatic carbocycles. The molecule has 0 unspecified atom stereocenters. The van der Waals surface area contributed by atoms with Crippen LogP contribution in [-0.2, 0) is 4.74 Å². The standard InChI is InChI=1S/C9H8F2INO3/c1-15-5-3-4(8(10)11)6(12)7(13-5)9(14)16-2/h3,8H,1-2H3. The Morgan fingerprint density at radius 1 is 1.50 bits per heavy atom. The number of esters is 1. The largest absolute Gasteiger partial charge is 0.481 e. The van der Waals surface area contributed by atoms with Crippen molar-refractivity contribution in [2.45, 2.75) is 6.43 Å². The normalized spacial score (nSPS) is 10.4. The van der Waals surface area contributed by atoms with Gasteiger partial charge in [0.15, 0.2) is 5.69 Å². The number of aromatic nitrogens is 1. The average Bonchev–Trinajstić information content (AvgIpc) is 2.28. The first-order valence-electron chi connectivity index (χ1n) is 4.12. The zero-order valence-corrected chi connectivity index (χ0v) is 10.6. The number of pyridine rings is 1. The maximum Gasteiger partial charge on any atom is 0.357 e. The first-order chi connectivity index (χ1) is 7.51. The van der Waals surface area contributed by atoms with Crippen molar-refractivity contribution in [2.24, 2.45) is 0 Å². The Morgan fingerprint density at radius 3 is 2.56 bits per heavy atom. The van der Waals surface area contributed by atoms with Gasteiger partial charge in [-0.3, -0.25) is 0 Å². The van der Waals surface area contributed by atoms with E-state index in [2.05, 4.69) is 9.72 Å². The van der Waals surface area contributed by atoms with Crippen molar-refractivity contribution >= 4 is 28.6 Å². The molecule has 0 N–H and O–H groups in total. The molecular formula is C9H8F2INO3. The van der Waals surface area contributed by atoms with Crippen molar-refractivity contribution in [3.63, 3.8) is 0 Å². The van der Waals surface area contributed by atoms with Crippen LogP contribution in [0.5, 0.6) is 5.88 Å². The molecule has 0 aromatic carbocycles. The van der Waals surface area contributed by atoms with Crippen LogP contribution in [0.25, 0.3) is 0 Å². The van der Waals surface area contributed by atoms with Crippen molar-refractivity contribution in [3.05, 3.63) is 20.9 Å².